The Morgan fingerprint density at radius 1 is 1.19 bits per heavy atom. The van der Waals surface area contributed by atoms with Crippen molar-refractivity contribution in [2.75, 3.05) is 18.9 Å². The number of benzene rings is 1. The van der Waals surface area contributed by atoms with Gasteiger partial charge in [-0.2, -0.15) is 0 Å². The molecule has 0 aliphatic heterocycles. The number of anilines is 1. The predicted molar refractivity (Wildman–Crippen MR) is 81.0 cm³/mol. The van der Waals surface area contributed by atoms with Crippen molar-refractivity contribution in [1.82, 2.24) is 9.88 Å². The minimum Gasteiger partial charge on any atom is -0.332 e. The van der Waals surface area contributed by atoms with E-state index in [0.717, 1.165) is 5.56 Å². The van der Waals surface area contributed by atoms with Gasteiger partial charge in [0.25, 0.3) is 5.91 Å². The van der Waals surface area contributed by atoms with Crippen molar-refractivity contribution in [2.24, 2.45) is 0 Å². The Morgan fingerprint density at radius 3 is 2.57 bits per heavy atom. The van der Waals surface area contributed by atoms with Gasteiger partial charge >= 0.3 is 0 Å². The minimum absolute atomic E-state index is 0.0245. The normalized spacial score (nSPS) is 10.0. The Balaban J connectivity index is 1.95. The molecular formula is C16H17N3O2. The number of carbonyl (C=O) groups excluding carboxylic acids is 2. The maximum atomic E-state index is 12.1. The number of aromatic nitrogens is 1. The lowest BCUT2D eigenvalue weighted by Gasteiger charge is -2.16. The second-order valence-electron chi connectivity index (χ2n) is 4.79. The Hall–Kier alpha value is -2.69. The summed E-state index contributed by atoms with van der Waals surface area (Å²) in [6.45, 7) is 1.89. The smallest absolute Gasteiger partial charge is 0.254 e. The molecule has 108 valence electrons. The molecule has 1 aromatic carbocycles. The van der Waals surface area contributed by atoms with Crippen molar-refractivity contribution in [3.63, 3.8) is 0 Å². The zero-order chi connectivity index (χ0) is 15.2. The van der Waals surface area contributed by atoms with Crippen LogP contribution in [0.5, 0.6) is 0 Å². The molecule has 0 fully saturated rings. The first-order chi connectivity index (χ1) is 10.1. The maximum Gasteiger partial charge on any atom is 0.254 e. The van der Waals surface area contributed by atoms with Crippen LogP contribution in [0.15, 0.2) is 48.7 Å². The molecule has 0 aliphatic carbocycles. The quantitative estimate of drug-likeness (QED) is 0.934. The van der Waals surface area contributed by atoms with Gasteiger partial charge in [-0.15, -0.1) is 0 Å². The number of nitrogens with one attached hydrogen (secondary N) is 1. The molecule has 5 nitrogen and oxygen atoms in total. The first-order valence-corrected chi connectivity index (χ1v) is 6.59. The topological polar surface area (TPSA) is 62.3 Å². The Labute approximate surface area is 123 Å². The summed E-state index contributed by atoms with van der Waals surface area (Å²) < 4.78 is 0. The van der Waals surface area contributed by atoms with Crippen LogP contribution in [0, 0.1) is 6.92 Å². The number of hydrogen-bond acceptors (Lipinski definition) is 3. The molecule has 1 aromatic heterocycles. The predicted octanol–water partition coefficient (Wildman–Crippen LogP) is 2.10. The average molecular weight is 283 g/mol. The molecule has 21 heavy (non-hydrogen) atoms. The van der Waals surface area contributed by atoms with Crippen LogP contribution in [0.4, 0.5) is 5.82 Å². The van der Waals surface area contributed by atoms with E-state index in [2.05, 4.69) is 10.3 Å². The minimum atomic E-state index is -0.278. The molecule has 0 aliphatic rings. The van der Waals surface area contributed by atoms with Crippen LogP contribution in [-0.4, -0.2) is 35.3 Å². The lowest BCUT2D eigenvalue weighted by Crippen LogP contribution is -2.35. The van der Waals surface area contributed by atoms with Crippen molar-refractivity contribution in [3.8, 4) is 0 Å². The third kappa shape index (κ3) is 4.14. The second-order valence-corrected chi connectivity index (χ2v) is 4.79. The fraction of sp³-hybridized carbons (Fsp3) is 0.188. The summed E-state index contributed by atoms with van der Waals surface area (Å²) in [5.41, 5.74) is 1.57. The molecule has 0 unspecified atom stereocenters. The molecule has 0 saturated carbocycles. The molecule has 0 saturated heterocycles. The van der Waals surface area contributed by atoms with Gasteiger partial charge in [-0.05, 0) is 36.8 Å². The van der Waals surface area contributed by atoms with Crippen LogP contribution < -0.4 is 5.32 Å². The third-order valence-electron chi connectivity index (χ3n) is 2.93. The van der Waals surface area contributed by atoms with E-state index in [1.165, 1.54) is 4.90 Å². The number of pyridine rings is 1. The Bertz CT molecular complexity index is 641. The second kappa shape index (κ2) is 6.65. The number of aryl methyl sites for hydroxylation is 1. The lowest BCUT2D eigenvalue weighted by molar-refractivity contribution is -0.116. The van der Waals surface area contributed by atoms with Gasteiger partial charge in [0.05, 0.1) is 6.54 Å². The molecule has 0 atom stereocenters. The van der Waals surface area contributed by atoms with E-state index in [4.69, 9.17) is 0 Å². The third-order valence-corrected chi connectivity index (χ3v) is 2.93. The van der Waals surface area contributed by atoms with E-state index >= 15 is 0 Å². The standard InChI is InChI=1S/C16H17N3O2/c1-12-8-9-17-14(10-12)18-15(20)11-19(2)16(21)13-6-4-3-5-7-13/h3-10H,11H2,1-2H3,(H,17,18,20). The molecule has 5 heteroatoms. The van der Waals surface area contributed by atoms with Gasteiger partial charge in [-0.1, -0.05) is 18.2 Å². The van der Waals surface area contributed by atoms with E-state index in [0.29, 0.717) is 11.4 Å². The van der Waals surface area contributed by atoms with E-state index in [9.17, 15) is 9.59 Å². The van der Waals surface area contributed by atoms with Crippen LogP contribution in [0.2, 0.25) is 0 Å². The van der Waals surface area contributed by atoms with Gasteiger partial charge in [0, 0.05) is 18.8 Å². The fourth-order valence-electron chi connectivity index (χ4n) is 1.88. The molecule has 0 radical (unpaired) electrons. The van der Waals surface area contributed by atoms with Crippen LogP contribution in [0.25, 0.3) is 0 Å². The van der Waals surface area contributed by atoms with Gasteiger partial charge < -0.3 is 10.2 Å². The van der Waals surface area contributed by atoms with Crippen molar-refractivity contribution < 1.29 is 9.59 Å². The van der Waals surface area contributed by atoms with Gasteiger partial charge in [-0.25, -0.2) is 4.98 Å². The fourth-order valence-corrected chi connectivity index (χ4v) is 1.88. The molecule has 0 bridgehead atoms. The van der Waals surface area contributed by atoms with Crippen molar-refractivity contribution >= 4 is 17.6 Å². The highest BCUT2D eigenvalue weighted by atomic mass is 16.2. The summed E-state index contributed by atoms with van der Waals surface area (Å²) >= 11 is 0. The van der Waals surface area contributed by atoms with Gasteiger partial charge in [0.2, 0.25) is 5.91 Å². The Kier molecular flexibility index (Phi) is 4.66. The number of amides is 2. The van der Waals surface area contributed by atoms with Gasteiger partial charge in [0.15, 0.2) is 0 Å². The monoisotopic (exact) mass is 283 g/mol. The number of rotatable bonds is 4. The van der Waals surface area contributed by atoms with E-state index in [-0.39, 0.29) is 18.4 Å². The van der Waals surface area contributed by atoms with Crippen LogP contribution >= 0.6 is 0 Å². The highest BCUT2D eigenvalue weighted by Gasteiger charge is 2.14. The molecule has 2 aromatic rings. The van der Waals surface area contributed by atoms with Crippen LogP contribution in [0.1, 0.15) is 15.9 Å². The highest BCUT2D eigenvalue weighted by molar-refractivity contribution is 5.98. The van der Waals surface area contributed by atoms with Crippen LogP contribution in [0.3, 0.4) is 0 Å². The van der Waals surface area contributed by atoms with E-state index < -0.39 is 0 Å². The molecule has 0 spiro atoms. The number of carbonyl (C=O) groups is 2. The van der Waals surface area contributed by atoms with Gasteiger partial charge in [-0.3, -0.25) is 9.59 Å². The summed E-state index contributed by atoms with van der Waals surface area (Å²) in [7, 11) is 1.60. The van der Waals surface area contributed by atoms with Crippen molar-refractivity contribution in [3.05, 3.63) is 59.8 Å². The summed E-state index contributed by atoms with van der Waals surface area (Å²) in [5.74, 6) is 0.0170. The number of hydrogen-bond donors (Lipinski definition) is 1. The molecule has 1 N–H and O–H groups in total. The molecule has 2 amide bonds. The molecule has 1 heterocycles. The zero-order valence-corrected chi connectivity index (χ0v) is 12.0. The summed E-state index contributed by atoms with van der Waals surface area (Å²) in [6, 6.07) is 12.5. The summed E-state index contributed by atoms with van der Waals surface area (Å²) in [4.78, 5) is 29.5. The van der Waals surface area contributed by atoms with Crippen molar-refractivity contribution in [1.29, 1.82) is 0 Å². The van der Waals surface area contributed by atoms with Crippen molar-refractivity contribution in [2.45, 2.75) is 6.92 Å². The maximum absolute atomic E-state index is 12.1. The molecule has 2 rings (SSSR count). The largest absolute Gasteiger partial charge is 0.332 e. The van der Waals surface area contributed by atoms with E-state index in [1.807, 2.05) is 19.1 Å². The first-order valence-electron chi connectivity index (χ1n) is 6.59. The summed E-state index contributed by atoms with van der Waals surface area (Å²) in [6.07, 6.45) is 1.63. The first kappa shape index (κ1) is 14.7. The average Bonchev–Trinajstić information content (AvgIpc) is 2.47. The summed E-state index contributed by atoms with van der Waals surface area (Å²) in [5, 5.41) is 2.68. The number of nitrogens with zero attached hydrogens (tertiary/aromatic N) is 2. The number of likely N-dealkylation sites (N-methyl/N-ethyl adjacent to an activating group) is 1. The highest BCUT2D eigenvalue weighted by Crippen LogP contribution is 2.06. The lowest BCUT2D eigenvalue weighted by atomic mass is 10.2. The SMILES string of the molecule is Cc1ccnc(NC(=O)CN(C)C(=O)c2ccccc2)c1. The van der Waals surface area contributed by atoms with Gasteiger partial charge in [0.1, 0.15) is 5.82 Å². The zero-order valence-electron chi connectivity index (χ0n) is 12.0. The molecular weight excluding hydrogens is 266 g/mol. The van der Waals surface area contributed by atoms with E-state index in [1.54, 1.807) is 43.6 Å². The van der Waals surface area contributed by atoms with Crippen LogP contribution in [-0.2, 0) is 4.79 Å². The Morgan fingerprint density at radius 2 is 1.90 bits per heavy atom.